The molecular formula is C13H22N4O2. The van der Waals surface area contributed by atoms with Gasteiger partial charge in [-0.2, -0.15) is 5.10 Å². The van der Waals surface area contributed by atoms with Gasteiger partial charge in [0.15, 0.2) is 12.1 Å². The van der Waals surface area contributed by atoms with Crippen molar-refractivity contribution >= 4 is 12.2 Å². The monoisotopic (exact) mass is 266 g/mol. The third kappa shape index (κ3) is 3.65. The van der Waals surface area contributed by atoms with Crippen LogP contribution in [0.1, 0.15) is 26.7 Å². The van der Waals surface area contributed by atoms with Crippen molar-refractivity contribution in [1.29, 1.82) is 0 Å². The number of nitrogens with two attached hydrogens (primary N) is 1. The molecule has 2 atom stereocenters. The molecule has 1 fully saturated rings. The van der Waals surface area contributed by atoms with Crippen LogP contribution in [0.25, 0.3) is 0 Å². The lowest BCUT2D eigenvalue weighted by molar-refractivity contribution is -0.0523. The van der Waals surface area contributed by atoms with E-state index in [4.69, 9.17) is 15.6 Å². The van der Waals surface area contributed by atoms with Crippen LogP contribution in [0.4, 0.5) is 0 Å². The molecule has 19 heavy (non-hydrogen) atoms. The quantitative estimate of drug-likeness (QED) is 0.804. The molecule has 0 aromatic carbocycles. The molecule has 0 spiro atoms. The van der Waals surface area contributed by atoms with Crippen LogP contribution in [0, 0.1) is 0 Å². The van der Waals surface area contributed by atoms with E-state index in [-0.39, 0.29) is 18.9 Å². The van der Waals surface area contributed by atoms with Gasteiger partial charge in [0, 0.05) is 0 Å². The zero-order valence-electron chi connectivity index (χ0n) is 11.5. The maximum Gasteiger partial charge on any atom is 0.151 e. The number of hydrogen-bond donors (Lipinski definition) is 2. The van der Waals surface area contributed by atoms with Crippen LogP contribution < -0.4 is 5.73 Å². The zero-order valence-corrected chi connectivity index (χ0v) is 11.5. The van der Waals surface area contributed by atoms with Crippen molar-refractivity contribution in [1.82, 2.24) is 5.01 Å². The highest BCUT2D eigenvalue weighted by Gasteiger charge is 2.32. The number of aliphatic hydroxyl groups excluding tert-OH is 1. The van der Waals surface area contributed by atoms with Gasteiger partial charge in [-0.05, 0) is 18.9 Å². The van der Waals surface area contributed by atoms with Gasteiger partial charge in [-0.1, -0.05) is 26.5 Å². The number of hydrazone groups is 1. The standard InChI is InChI=1S/C11H16N4O2.C2H6/c1-2-3-9-11(12)13-7-14-15(9)10-5-4-8(6-16)17-10;1-2/h2-3,7-8,10,16H,1,4-6H2,(H2,12,13,14);1-2H3/b9-3-;/t8?,10-;/m1./s1. The van der Waals surface area contributed by atoms with E-state index in [0.29, 0.717) is 11.5 Å². The second-order valence-electron chi connectivity index (χ2n) is 3.85. The van der Waals surface area contributed by atoms with E-state index in [2.05, 4.69) is 16.7 Å². The third-order valence-corrected chi connectivity index (χ3v) is 2.72. The number of ether oxygens (including phenoxy) is 1. The minimum Gasteiger partial charge on any atom is -0.394 e. The summed E-state index contributed by atoms with van der Waals surface area (Å²) in [6.07, 6.45) is 6.04. The van der Waals surface area contributed by atoms with E-state index in [1.54, 1.807) is 17.2 Å². The van der Waals surface area contributed by atoms with Crippen molar-refractivity contribution in [2.75, 3.05) is 6.61 Å². The predicted octanol–water partition coefficient (Wildman–Crippen LogP) is 1.20. The summed E-state index contributed by atoms with van der Waals surface area (Å²) in [5, 5.41) is 14.9. The second-order valence-corrected chi connectivity index (χ2v) is 3.85. The van der Waals surface area contributed by atoms with E-state index in [0.717, 1.165) is 12.8 Å². The lowest BCUT2D eigenvalue weighted by Gasteiger charge is -2.28. The fraction of sp³-hybridized carbons (Fsp3) is 0.538. The maximum atomic E-state index is 9.04. The van der Waals surface area contributed by atoms with Crippen molar-refractivity contribution in [2.45, 2.75) is 39.0 Å². The van der Waals surface area contributed by atoms with Crippen LogP contribution in [-0.4, -0.2) is 41.2 Å². The Morgan fingerprint density at radius 1 is 1.58 bits per heavy atom. The van der Waals surface area contributed by atoms with Crippen LogP contribution in [0.2, 0.25) is 0 Å². The largest absolute Gasteiger partial charge is 0.394 e. The molecule has 1 saturated heterocycles. The SMILES string of the molecule is C=C/C=C1/C(N)=NC=NN1[C@H]1CCC(CO)O1.CC. The molecule has 0 aliphatic carbocycles. The molecule has 2 rings (SSSR count). The zero-order chi connectivity index (χ0) is 14.3. The first-order chi connectivity index (χ1) is 9.26. The van der Waals surface area contributed by atoms with Crippen LogP contribution in [0.3, 0.4) is 0 Å². The number of aliphatic imine (C=N–C) groups is 1. The molecule has 1 unspecified atom stereocenters. The molecule has 2 aliphatic rings. The Hall–Kier alpha value is -1.66. The molecule has 0 bridgehead atoms. The molecule has 106 valence electrons. The molecule has 0 amide bonds. The molecule has 0 aromatic rings. The molecule has 3 N–H and O–H groups in total. The number of rotatable bonds is 3. The smallest absolute Gasteiger partial charge is 0.151 e. The minimum absolute atomic E-state index is 0.0259. The summed E-state index contributed by atoms with van der Waals surface area (Å²) in [4.78, 5) is 3.93. The van der Waals surface area contributed by atoms with Gasteiger partial charge in [0.1, 0.15) is 12.0 Å². The molecule has 2 heterocycles. The Bertz CT molecular complexity index is 390. The van der Waals surface area contributed by atoms with Crippen molar-refractivity contribution in [2.24, 2.45) is 15.8 Å². The van der Waals surface area contributed by atoms with Crippen molar-refractivity contribution in [3.8, 4) is 0 Å². The lowest BCUT2D eigenvalue weighted by atomic mass is 10.2. The van der Waals surface area contributed by atoms with Gasteiger partial charge in [0.05, 0.1) is 12.7 Å². The van der Waals surface area contributed by atoms with Gasteiger partial charge in [0.2, 0.25) is 0 Å². The normalized spacial score (nSPS) is 27.8. The number of aliphatic hydroxyl groups is 1. The Balaban J connectivity index is 0.000000861. The van der Waals surface area contributed by atoms with Gasteiger partial charge in [-0.25, -0.2) is 10.0 Å². The number of hydrogen-bond acceptors (Lipinski definition) is 6. The summed E-state index contributed by atoms with van der Waals surface area (Å²) in [5.41, 5.74) is 6.46. The first-order valence-electron chi connectivity index (χ1n) is 6.50. The third-order valence-electron chi connectivity index (χ3n) is 2.72. The summed E-state index contributed by atoms with van der Waals surface area (Å²) < 4.78 is 5.65. The van der Waals surface area contributed by atoms with E-state index < -0.39 is 0 Å². The molecular weight excluding hydrogens is 244 g/mol. The van der Waals surface area contributed by atoms with Crippen molar-refractivity contribution in [3.63, 3.8) is 0 Å². The first-order valence-corrected chi connectivity index (χ1v) is 6.50. The fourth-order valence-corrected chi connectivity index (χ4v) is 1.89. The lowest BCUT2D eigenvalue weighted by Crippen LogP contribution is -2.38. The molecule has 0 saturated carbocycles. The van der Waals surface area contributed by atoms with E-state index >= 15 is 0 Å². The predicted molar refractivity (Wildman–Crippen MR) is 76.6 cm³/mol. The summed E-state index contributed by atoms with van der Waals surface area (Å²) in [7, 11) is 0. The number of allylic oxidation sites excluding steroid dienone is 2. The van der Waals surface area contributed by atoms with Gasteiger partial charge in [-0.3, -0.25) is 0 Å². The molecule has 6 nitrogen and oxygen atoms in total. The molecule has 6 heteroatoms. The number of nitrogens with zero attached hydrogens (tertiary/aromatic N) is 3. The Labute approximate surface area is 114 Å². The van der Waals surface area contributed by atoms with E-state index in [1.807, 2.05) is 13.8 Å². The Morgan fingerprint density at radius 3 is 2.89 bits per heavy atom. The average Bonchev–Trinajstić information content (AvgIpc) is 2.92. The highest BCUT2D eigenvalue weighted by molar-refractivity contribution is 6.01. The second kappa shape index (κ2) is 7.70. The van der Waals surface area contributed by atoms with Crippen LogP contribution in [-0.2, 0) is 4.74 Å². The molecule has 0 aromatic heterocycles. The highest BCUT2D eigenvalue weighted by Crippen LogP contribution is 2.26. The Morgan fingerprint density at radius 2 is 2.32 bits per heavy atom. The van der Waals surface area contributed by atoms with Gasteiger partial charge in [0.25, 0.3) is 0 Å². The van der Waals surface area contributed by atoms with Gasteiger partial charge >= 0.3 is 0 Å². The van der Waals surface area contributed by atoms with Gasteiger partial charge in [-0.15, -0.1) is 0 Å². The average molecular weight is 266 g/mol. The minimum atomic E-state index is -0.205. The summed E-state index contributed by atoms with van der Waals surface area (Å²) in [6, 6.07) is 0. The maximum absolute atomic E-state index is 9.04. The van der Waals surface area contributed by atoms with E-state index in [1.165, 1.54) is 6.34 Å². The summed E-state index contributed by atoms with van der Waals surface area (Å²) in [6.45, 7) is 7.66. The summed E-state index contributed by atoms with van der Waals surface area (Å²) >= 11 is 0. The highest BCUT2D eigenvalue weighted by atomic mass is 16.5. The molecule has 0 radical (unpaired) electrons. The Kier molecular flexibility index (Phi) is 6.24. The molecule has 2 aliphatic heterocycles. The van der Waals surface area contributed by atoms with Crippen LogP contribution in [0.5, 0.6) is 0 Å². The van der Waals surface area contributed by atoms with Crippen LogP contribution in [0.15, 0.2) is 34.5 Å². The van der Waals surface area contributed by atoms with Crippen molar-refractivity contribution < 1.29 is 9.84 Å². The van der Waals surface area contributed by atoms with Gasteiger partial charge < -0.3 is 15.6 Å². The summed E-state index contributed by atoms with van der Waals surface area (Å²) in [5.74, 6) is 0.385. The van der Waals surface area contributed by atoms with E-state index in [9.17, 15) is 0 Å². The number of amidine groups is 1. The first kappa shape index (κ1) is 15.4. The van der Waals surface area contributed by atoms with Crippen LogP contribution >= 0.6 is 0 Å². The topological polar surface area (TPSA) is 83.4 Å². The fourth-order valence-electron chi connectivity index (χ4n) is 1.89. The van der Waals surface area contributed by atoms with Crippen molar-refractivity contribution in [3.05, 3.63) is 24.4 Å².